The molecule has 1 fully saturated rings. The molecule has 1 saturated carbocycles. The molecule has 88 valence electrons. The van der Waals surface area contributed by atoms with Crippen LogP contribution in [0.3, 0.4) is 0 Å². The smallest absolute Gasteiger partial charge is 0.0342 e. The molecule has 3 heteroatoms. The summed E-state index contributed by atoms with van der Waals surface area (Å²) >= 11 is 8.32. The Balaban J connectivity index is 1.78. The fraction of sp³-hybridized carbons (Fsp3) is 0.538. The summed E-state index contributed by atoms with van der Waals surface area (Å²) in [5.74, 6) is 0.816. The molecule has 1 aliphatic carbocycles. The van der Waals surface area contributed by atoms with Crippen molar-refractivity contribution in [1.29, 1.82) is 0 Å². The van der Waals surface area contributed by atoms with E-state index in [9.17, 15) is 0 Å². The van der Waals surface area contributed by atoms with Crippen molar-refractivity contribution in [3.63, 3.8) is 0 Å². The molecule has 0 aromatic heterocycles. The van der Waals surface area contributed by atoms with Crippen molar-refractivity contribution >= 4 is 34.2 Å². The number of hydrogen-bond donors (Lipinski definition) is 0. The van der Waals surface area contributed by atoms with Gasteiger partial charge < -0.3 is 4.90 Å². The largest absolute Gasteiger partial charge is 0.302 e. The molecule has 0 amide bonds. The molecule has 0 aliphatic heterocycles. The summed E-state index contributed by atoms with van der Waals surface area (Å²) in [5, 5.41) is 0.441. The second kappa shape index (κ2) is 5.69. The van der Waals surface area contributed by atoms with E-state index in [-0.39, 0.29) is 0 Å². The summed E-state index contributed by atoms with van der Waals surface area (Å²) in [7, 11) is 2.19. The molecule has 0 saturated heterocycles. The van der Waals surface area contributed by atoms with Crippen molar-refractivity contribution in [2.45, 2.75) is 24.8 Å². The predicted molar refractivity (Wildman–Crippen MR) is 77.9 cm³/mol. The van der Waals surface area contributed by atoms with E-state index in [0.29, 0.717) is 5.38 Å². The van der Waals surface area contributed by atoms with Gasteiger partial charge in [0.05, 0.1) is 0 Å². The van der Waals surface area contributed by atoms with Gasteiger partial charge in [0, 0.05) is 22.0 Å². The first kappa shape index (κ1) is 12.7. The maximum atomic E-state index is 5.99. The number of benzene rings is 1. The van der Waals surface area contributed by atoms with E-state index in [1.165, 1.54) is 28.5 Å². The molecule has 0 heterocycles. The summed E-state index contributed by atoms with van der Waals surface area (Å²) in [4.78, 5) is 2.40. The minimum absolute atomic E-state index is 0.441. The van der Waals surface area contributed by atoms with Crippen LogP contribution in [0.25, 0.3) is 0 Å². The Morgan fingerprint density at radius 1 is 1.31 bits per heavy atom. The van der Waals surface area contributed by atoms with Gasteiger partial charge in [0.25, 0.3) is 0 Å². The van der Waals surface area contributed by atoms with Crippen LogP contribution < -0.4 is 0 Å². The van der Waals surface area contributed by atoms with Crippen LogP contribution in [0.4, 0.5) is 0 Å². The summed E-state index contributed by atoms with van der Waals surface area (Å²) in [6.07, 6.45) is 2.39. The maximum absolute atomic E-state index is 5.99. The number of alkyl halides is 1. The van der Waals surface area contributed by atoms with Crippen molar-refractivity contribution in [2.75, 3.05) is 13.6 Å². The first-order valence-electron chi connectivity index (χ1n) is 5.70. The van der Waals surface area contributed by atoms with Crippen LogP contribution in [0.15, 0.2) is 24.3 Å². The lowest BCUT2D eigenvalue weighted by Gasteiger charge is -2.34. The van der Waals surface area contributed by atoms with Gasteiger partial charge in [-0.3, -0.25) is 0 Å². The fourth-order valence-electron chi connectivity index (χ4n) is 2.21. The highest BCUT2D eigenvalue weighted by Gasteiger charge is 2.27. The summed E-state index contributed by atoms with van der Waals surface area (Å²) in [6, 6.07) is 8.76. The molecule has 0 radical (unpaired) electrons. The molecule has 0 spiro atoms. The Labute approximate surface area is 116 Å². The van der Waals surface area contributed by atoms with E-state index >= 15 is 0 Å². The zero-order valence-electron chi connectivity index (χ0n) is 9.50. The molecule has 2 rings (SSSR count). The van der Waals surface area contributed by atoms with Gasteiger partial charge in [-0.25, -0.2) is 0 Å². The first-order chi connectivity index (χ1) is 7.63. The van der Waals surface area contributed by atoms with E-state index < -0.39 is 0 Å². The van der Waals surface area contributed by atoms with Gasteiger partial charge in [-0.05, 0) is 66.1 Å². The van der Waals surface area contributed by atoms with Gasteiger partial charge >= 0.3 is 0 Å². The van der Waals surface area contributed by atoms with Gasteiger partial charge in [0.2, 0.25) is 0 Å². The Kier molecular flexibility index (Phi) is 4.50. The quantitative estimate of drug-likeness (QED) is 0.591. The van der Waals surface area contributed by atoms with Crippen molar-refractivity contribution in [2.24, 2.45) is 5.92 Å². The van der Waals surface area contributed by atoms with Crippen LogP contribution in [-0.2, 0) is 6.54 Å². The van der Waals surface area contributed by atoms with E-state index in [1.54, 1.807) is 0 Å². The lowest BCUT2D eigenvalue weighted by molar-refractivity contribution is 0.204. The average molecular weight is 350 g/mol. The monoisotopic (exact) mass is 349 g/mol. The van der Waals surface area contributed by atoms with Crippen LogP contribution in [0.1, 0.15) is 18.4 Å². The van der Waals surface area contributed by atoms with E-state index in [2.05, 4.69) is 58.8 Å². The molecular formula is C13H17ClIN. The third-order valence-corrected chi connectivity index (χ3v) is 4.19. The Bertz CT molecular complexity index is 332. The zero-order valence-corrected chi connectivity index (χ0v) is 12.4. The number of hydrogen-bond acceptors (Lipinski definition) is 1. The Morgan fingerprint density at radius 2 is 1.94 bits per heavy atom. The highest BCUT2D eigenvalue weighted by molar-refractivity contribution is 14.1. The normalized spacial score (nSPS) is 24.5. The maximum Gasteiger partial charge on any atom is 0.0342 e. The van der Waals surface area contributed by atoms with Crippen molar-refractivity contribution in [1.82, 2.24) is 4.90 Å². The Hall–Kier alpha value is 0.200. The van der Waals surface area contributed by atoms with E-state index in [4.69, 9.17) is 11.6 Å². The molecular weight excluding hydrogens is 333 g/mol. The number of nitrogens with zero attached hydrogens (tertiary/aromatic N) is 1. The summed E-state index contributed by atoms with van der Waals surface area (Å²) in [5.41, 5.74) is 1.39. The zero-order chi connectivity index (χ0) is 11.5. The third-order valence-electron chi connectivity index (χ3n) is 3.11. The Morgan fingerprint density at radius 3 is 2.50 bits per heavy atom. The first-order valence-corrected chi connectivity index (χ1v) is 7.22. The second-order valence-electron chi connectivity index (χ2n) is 4.76. The summed E-state index contributed by atoms with van der Waals surface area (Å²) < 4.78 is 1.30. The van der Waals surface area contributed by atoms with Gasteiger partial charge in [-0.2, -0.15) is 0 Å². The van der Waals surface area contributed by atoms with E-state index in [1.807, 2.05) is 0 Å². The van der Waals surface area contributed by atoms with E-state index in [0.717, 1.165) is 12.5 Å². The number of rotatable bonds is 4. The van der Waals surface area contributed by atoms with Gasteiger partial charge in [-0.1, -0.05) is 12.1 Å². The van der Waals surface area contributed by atoms with Gasteiger partial charge in [-0.15, -0.1) is 11.6 Å². The molecule has 1 aromatic rings. The van der Waals surface area contributed by atoms with Crippen LogP contribution in [-0.4, -0.2) is 23.9 Å². The van der Waals surface area contributed by atoms with Crippen molar-refractivity contribution < 1.29 is 0 Å². The molecule has 0 bridgehead atoms. The second-order valence-corrected chi connectivity index (χ2v) is 6.62. The van der Waals surface area contributed by atoms with Crippen LogP contribution >= 0.6 is 34.2 Å². The highest BCUT2D eigenvalue weighted by Crippen LogP contribution is 2.32. The average Bonchev–Trinajstić information content (AvgIpc) is 2.19. The van der Waals surface area contributed by atoms with Crippen LogP contribution in [0, 0.1) is 9.49 Å². The molecule has 1 aromatic carbocycles. The minimum atomic E-state index is 0.441. The van der Waals surface area contributed by atoms with Crippen molar-refractivity contribution in [3.8, 4) is 0 Å². The standard InChI is InChI=1S/C13H17ClIN/c1-16(9-11-6-12(14)7-11)8-10-2-4-13(15)5-3-10/h2-5,11-12H,6-9H2,1H3. The summed E-state index contributed by atoms with van der Waals surface area (Å²) in [6.45, 7) is 2.22. The topological polar surface area (TPSA) is 3.24 Å². The fourth-order valence-corrected chi connectivity index (χ4v) is 3.07. The molecule has 16 heavy (non-hydrogen) atoms. The highest BCUT2D eigenvalue weighted by atomic mass is 127. The van der Waals surface area contributed by atoms with Crippen LogP contribution in [0.5, 0.6) is 0 Å². The molecule has 0 atom stereocenters. The van der Waals surface area contributed by atoms with Gasteiger partial charge in [0.1, 0.15) is 0 Å². The number of halogens is 2. The van der Waals surface area contributed by atoms with Gasteiger partial charge in [0.15, 0.2) is 0 Å². The third kappa shape index (κ3) is 3.60. The van der Waals surface area contributed by atoms with Crippen LogP contribution in [0.2, 0.25) is 0 Å². The minimum Gasteiger partial charge on any atom is -0.302 e. The SMILES string of the molecule is CN(Cc1ccc(I)cc1)CC1CC(Cl)C1. The molecule has 0 unspecified atom stereocenters. The molecule has 1 aliphatic rings. The van der Waals surface area contributed by atoms with Crippen molar-refractivity contribution in [3.05, 3.63) is 33.4 Å². The molecule has 0 N–H and O–H groups in total. The lowest BCUT2D eigenvalue weighted by Crippen LogP contribution is -2.34. The molecule has 1 nitrogen and oxygen atoms in total. The lowest BCUT2D eigenvalue weighted by atomic mass is 9.84. The predicted octanol–water partition coefficient (Wildman–Crippen LogP) is 3.74.